The first-order valence-electron chi connectivity index (χ1n) is 12.8. The fourth-order valence-electron chi connectivity index (χ4n) is 6.65. The highest BCUT2D eigenvalue weighted by Gasteiger charge is 2.57. The van der Waals surface area contributed by atoms with E-state index in [1.54, 1.807) is 12.0 Å². The molecule has 0 unspecified atom stereocenters. The van der Waals surface area contributed by atoms with E-state index in [-0.39, 0.29) is 56.0 Å². The molecule has 1 saturated carbocycles. The van der Waals surface area contributed by atoms with Crippen LogP contribution >= 0.6 is 0 Å². The molecule has 4 fully saturated rings. The van der Waals surface area contributed by atoms with Crippen molar-refractivity contribution in [1.29, 1.82) is 0 Å². The van der Waals surface area contributed by atoms with E-state index in [0.29, 0.717) is 38.7 Å². The minimum absolute atomic E-state index is 0.0544. The van der Waals surface area contributed by atoms with Gasteiger partial charge < -0.3 is 24.6 Å². The van der Waals surface area contributed by atoms with Crippen LogP contribution in [0.25, 0.3) is 0 Å². The maximum Gasteiger partial charge on any atom is 0.434 e. The summed E-state index contributed by atoms with van der Waals surface area (Å²) in [5.41, 5.74) is -2.69. The van der Waals surface area contributed by atoms with Gasteiger partial charge in [-0.3, -0.25) is 9.78 Å². The third-order valence-electron chi connectivity index (χ3n) is 8.37. The Balaban J connectivity index is 1.29. The van der Waals surface area contributed by atoms with Crippen molar-refractivity contribution < 1.29 is 40.6 Å². The Bertz CT molecular complexity index is 1030. The number of rotatable bonds is 6. The van der Waals surface area contributed by atoms with Crippen LogP contribution in [0.3, 0.4) is 0 Å². The van der Waals surface area contributed by atoms with Crippen molar-refractivity contribution in [2.75, 3.05) is 38.3 Å². The van der Waals surface area contributed by atoms with Gasteiger partial charge in [0.1, 0.15) is 5.82 Å². The summed E-state index contributed by atoms with van der Waals surface area (Å²) in [6, 6.07) is -1.06. The number of likely N-dealkylation sites (tertiary alicyclic amines) is 1. The number of hydrogen-bond acceptors (Lipinski definition) is 7. The summed E-state index contributed by atoms with van der Waals surface area (Å²) >= 11 is 0. The number of carbonyl (C=O) groups is 1. The Hall–Kier alpha value is -2.19. The van der Waals surface area contributed by atoms with Crippen LogP contribution in [-0.2, 0) is 20.4 Å². The fourth-order valence-corrected chi connectivity index (χ4v) is 6.65. The topological polar surface area (TPSA) is 79.8 Å². The van der Waals surface area contributed by atoms with Crippen molar-refractivity contribution in [3.63, 3.8) is 0 Å². The number of nitrogens with zero attached hydrogens (tertiary/aromatic N) is 4. The zero-order chi connectivity index (χ0) is 27.3. The number of methoxy groups -OCH3 is 1. The molecule has 14 heteroatoms. The monoisotopic (exact) mass is 551 g/mol. The third-order valence-corrected chi connectivity index (χ3v) is 8.37. The molecule has 212 valence electrons. The quantitative estimate of drug-likeness (QED) is 0.545. The zero-order valence-electron chi connectivity index (χ0n) is 20.9. The summed E-state index contributed by atoms with van der Waals surface area (Å²) in [7, 11) is 1.57. The summed E-state index contributed by atoms with van der Waals surface area (Å²) in [6.45, 7) is 1.27. The first-order chi connectivity index (χ1) is 17.9. The largest absolute Gasteiger partial charge is 0.434 e. The summed E-state index contributed by atoms with van der Waals surface area (Å²) < 4.78 is 91.5. The normalized spacial score (nSPS) is 33.8. The molecular formula is C24H31F6N5O3. The first kappa shape index (κ1) is 27.4. The number of anilines is 1. The summed E-state index contributed by atoms with van der Waals surface area (Å²) in [6.07, 6.45) is -6.94. The van der Waals surface area contributed by atoms with E-state index in [2.05, 4.69) is 15.3 Å². The van der Waals surface area contributed by atoms with E-state index in [9.17, 15) is 31.1 Å². The molecule has 4 aliphatic rings. The number of aromatic nitrogens is 2. The number of nitrogens with one attached hydrogen (secondary N) is 1. The first-order valence-corrected chi connectivity index (χ1v) is 12.8. The van der Waals surface area contributed by atoms with Crippen LogP contribution in [0, 0.1) is 5.41 Å². The van der Waals surface area contributed by atoms with Gasteiger partial charge in [0.25, 0.3) is 0 Å². The molecular weight excluding hydrogens is 520 g/mol. The van der Waals surface area contributed by atoms with Crippen molar-refractivity contribution >= 4 is 11.7 Å². The van der Waals surface area contributed by atoms with Gasteiger partial charge in [-0.15, -0.1) is 0 Å². The van der Waals surface area contributed by atoms with Crippen LogP contribution in [0.2, 0.25) is 0 Å². The van der Waals surface area contributed by atoms with Crippen molar-refractivity contribution in [1.82, 2.24) is 20.2 Å². The lowest BCUT2D eigenvalue weighted by molar-refractivity contribution is -0.174. The number of fused-ring (bicyclic) bond motifs is 2. The molecule has 0 spiro atoms. The molecule has 1 N–H and O–H groups in total. The Kier molecular flexibility index (Phi) is 7.27. The molecule has 38 heavy (non-hydrogen) atoms. The molecule has 0 radical (unpaired) electrons. The minimum atomic E-state index is -4.64. The van der Waals surface area contributed by atoms with Gasteiger partial charge in [0, 0.05) is 38.9 Å². The summed E-state index contributed by atoms with van der Waals surface area (Å²) in [5, 5.41) is 3.43. The van der Waals surface area contributed by atoms with Crippen LogP contribution in [-0.4, -0.2) is 90.6 Å². The smallest absolute Gasteiger partial charge is 0.379 e. The minimum Gasteiger partial charge on any atom is -0.379 e. The molecule has 1 amide bonds. The second-order valence-corrected chi connectivity index (χ2v) is 10.8. The third kappa shape index (κ3) is 5.44. The molecule has 1 aromatic rings. The number of carbonyl (C=O) groups excluding carboxylic acids is 1. The maximum absolute atomic E-state index is 13.8. The molecule has 5 rings (SSSR count). The van der Waals surface area contributed by atoms with E-state index in [4.69, 9.17) is 9.47 Å². The molecule has 1 aliphatic carbocycles. The van der Waals surface area contributed by atoms with Gasteiger partial charge in [-0.1, -0.05) is 0 Å². The van der Waals surface area contributed by atoms with Gasteiger partial charge in [0.15, 0.2) is 5.69 Å². The molecule has 3 aliphatic heterocycles. The standard InChI is InChI=1S/C24H31F6N5O3/c1-37-18-12-38-5-3-17(18)32-14-2-4-22(7-14,13-23(25,26)27)21(36)35-11-15-6-16(35)10-34(15)20-9-31-8-19(33-20)24(28,29)30/h8-9,14-18,32H,2-7,10-13H2,1H3/t14-,15+,16+,17+,18-,22+/m1/s1. The zero-order valence-corrected chi connectivity index (χ0v) is 20.9. The van der Waals surface area contributed by atoms with Crippen LogP contribution in [0.4, 0.5) is 32.2 Å². The average Bonchev–Trinajstić information content (AvgIpc) is 3.58. The van der Waals surface area contributed by atoms with Gasteiger partial charge in [0.05, 0.1) is 49.0 Å². The van der Waals surface area contributed by atoms with Crippen LogP contribution in [0.5, 0.6) is 0 Å². The van der Waals surface area contributed by atoms with Crippen molar-refractivity contribution in [2.45, 2.75) is 81.1 Å². The van der Waals surface area contributed by atoms with Crippen LogP contribution < -0.4 is 10.2 Å². The highest BCUT2D eigenvalue weighted by atomic mass is 19.4. The number of alkyl halides is 6. The van der Waals surface area contributed by atoms with Gasteiger partial charge in [-0.25, -0.2) is 4.98 Å². The van der Waals surface area contributed by atoms with Gasteiger partial charge in [0.2, 0.25) is 5.91 Å². The maximum atomic E-state index is 13.8. The number of halogens is 6. The molecule has 1 aromatic heterocycles. The van der Waals surface area contributed by atoms with Gasteiger partial charge in [-0.05, 0) is 32.1 Å². The molecule has 6 atom stereocenters. The predicted molar refractivity (Wildman–Crippen MR) is 122 cm³/mol. The van der Waals surface area contributed by atoms with E-state index in [1.165, 1.54) is 11.1 Å². The van der Waals surface area contributed by atoms with Crippen LogP contribution in [0.1, 0.15) is 44.2 Å². The fraction of sp³-hybridized carbons (Fsp3) is 0.792. The van der Waals surface area contributed by atoms with E-state index in [1.807, 2.05) is 0 Å². The lowest BCUT2D eigenvalue weighted by Gasteiger charge is -2.40. The molecule has 4 heterocycles. The Morgan fingerprint density at radius 3 is 2.63 bits per heavy atom. The molecule has 0 aromatic carbocycles. The van der Waals surface area contributed by atoms with Gasteiger partial charge in [-0.2, -0.15) is 26.3 Å². The SMILES string of the molecule is CO[C@@H]1COCC[C@@H]1N[C@@H]1CC[C@](CC(F)(F)F)(C(=O)N2C[C@@H]3C[C@H]2CN3c2cncc(C(F)(F)F)n2)C1. The summed E-state index contributed by atoms with van der Waals surface area (Å²) in [5.74, 6) is -0.463. The van der Waals surface area contributed by atoms with E-state index >= 15 is 0 Å². The van der Waals surface area contributed by atoms with Crippen molar-refractivity contribution in [3.8, 4) is 0 Å². The van der Waals surface area contributed by atoms with Crippen molar-refractivity contribution in [3.05, 3.63) is 18.1 Å². The Morgan fingerprint density at radius 2 is 1.97 bits per heavy atom. The van der Waals surface area contributed by atoms with Gasteiger partial charge >= 0.3 is 12.4 Å². The number of piperazine rings is 1. The van der Waals surface area contributed by atoms with Crippen LogP contribution in [0.15, 0.2) is 12.4 Å². The Labute approximate surface area is 216 Å². The predicted octanol–water partition coefficient (Wildman–Crippen LogP) is 3.17. The lowest BCUT2D eigenvalue weighted by Crippen LogP contribution is -2.54. The molecule has 2 bridgehead atoms. The summed E-state index contributed by atoms with van der Waals surface area (Å²) in [4.78, 5) is 24.3. The average molecular weight is 552 g/mol. The lowest BCUT2D eigenvalue weighted by atomic mass is 9.80. The number of amides is 1. The Morgan fingerprint density at radius 1 is 1.18 bits per heavy atom. The second-order valence-electron chi connectivity index (χ2n) is 10.8. The second kappa shape index (κ2) is 10.1. The van der Waals surface area contributed by atoms with Crippen molar-refractivity contribution in [2.24, 2.45) is 5.41 Å². The molecule has 8 nitrogen and oxygen atoms in total. The van der Waals surface area contributed by atoms with E-state index < -0.39 is 41.8 Å². The van der Waals surface area contributed by atoms with E-state index in [0.717, 1.165) is 0 Å². The number of hydrogen-bond donors (Lipinski definition) is 1. The number of ether oxygens (including phenoxy) is 2. The molecule has 3 saturated heterocycles. The highest BCUT2D eigenvalue weighted by molar-refractivity contribution is 5.84. The highest BCUT2D eigenvalue weighted by Crippen LogP contribution is 2.49.